The minimum atomic E-state index is -2.96. The number of hydrogen-bond donors (Lipinski definition) is 1. The Morgan fingerprint density at radius 1 is 1.25 bits per heavy atom. The molecule has 152 valence electrons. The Balaban J connectivity index is 1.69. The van der Waals surface area contributed by atoms with Gasteiger partial charge in [0.15, 0.2) is 5.16 Å². The molecule has 1 aliphatic carbocycles. The van der Waals surface area contributed by atoms with Crippen molar-refractivity contribution >= 4 is 23.4 Å². The van der Waals surface area contributed by atoms with Crippen molar-refractivity contribution in [2.45, 2.75) is 69.0 Å². The summed E-state index contributed by atoms with van der Waals surface area (Å²) in [5.41, 5.74) is 0.213. The van der Waals surface area contributed by atoms with Gasteiger partial charge in [-0.1, -0.05) is 43.2 Å². The second kappa shape index (κ2) is 9.36. The van der Waals surface area contributed by atoms with E-state index in [0.717, 1.165) is 18.7 Å². The molecule has 1 aromatic heterocycles. The number of halogens is 2. The van der Waals surface area contributed by atoms with E-state index >= 15 is 0 Å². The van der Waals surface area contributed by atoms with E-state index in [4.69, 9.17) is 0 Å². The van der Waals surface area contributed by atoms with Crippen molar-refractivity contribution in [3.63, 3.8) is 0 Å². The molecule has 1 fully saturated rings. The van der Waals surface area contributed by atoms with Crippen LogP contribution in [0.1, 0.15) is 50.9 Å². The molecule has 1 N–H and O–H groups in total. The number of carbonyl (C=O) groups is 1. The third-order valence-corrected chi connectivity index (χ3v) is 5.84. The first kappa shape index (κ1) is 20.6. The molecule has 1 aromatic carbocycles. The first-order valence-electron chi connectivity index (χ1n) is 9.38. The smallest absolute Gasteiger partial charge is 0.387 e. The largest absolute Gasteiger partial charge is 0.433 e. The van der Waals surface area contributed by atoms with E-state index in [-0.39, 0.29) is 17.3 Å². The molecule has 0 unspecified atom stereocenters. The van der Waals surface area contributed by atoms with Crippen LogP contribution in [0.4, 0.5) is 14.5 Å². The number of aromatic nitrogens is 3. The van der Waals surface area contributed by atoms with Crippen LogP contribution in [-0.4, -0.2) is 32.5 Å². The molecule has 1 heterocycles. The number of nitrogens with zero attached hydrogens (tertiary/aromatic N) is 3. The minimum absolute atomic E-state index is 0.0655. The highest BCUT2D eigenvalue weighted by Gasteiger charge is 2.25. The summed E-state index contributed by atoms with van der Waals surface area (Å²) in [5.74, 6) is 0.466. The minimum Gasteiger partial charge on any atom is -0.433 e. The van der Waals surface area contributed by atoms with Crippen LogP contribution in [0.3, 0.4) is 0 Å². The van der Waals surface area contributed by atoms with Gasteiger partial charge in [0.2, 0.25) is 5.91 Å². The zero-order valence-electron chi connectivity index (χ0n) is 15.9. The molecule has 2 aromatic rings. The Kier molecular flexibility index (Phi) is 6.88. The Hall–Kier alpha value is -2.16. The van der Waals surface area contributed by atoms with Crippen molar-refractivity contribution in [2.75, 3.05) is 5.32 Å². The number of rotatable bonds is 7. The summed E-state index contributed by atoms with van der Waals surface area (Å²) in [6.07, 6.45) is 5.79. The van der Waals surface area contributed by atoms with E-state index in [1.807, 2.05) is 6.92 Å². The number of carbonyl (C=O) groups excluding carboxylic acids is 1. The van der Waals surface area contributed by atoms with E-state index in [2.05, 4.69) is 24.8 Å². The van der Waals surface area contributed by atoms with Crippen molar-refractivity contribution in [1.82, 2.24) is 14.8 Å². The fourth-order valence-electron chi connectivity index (χ4n) is 3.40. The lowest BCUT2D eigenvalue weighted by Crippen LogP contribution is -2.24. The lowest BCUT2D eigenvalue weighted by atomic mass is 9.95. The summed E-state index contributed by atoms with van der Waals surface area (Å²) in [5, 5.41) is 11.3. The van der Waals surface area contributed by atoms with Crippen LogP contribution in [0, 0.1) is 6.92 Å². The zero-order valence-corrected chi connectivity index (χ0v) is 16.7. The molecule has 0 saturated heterocycles. The van der Waals surface area contributed by atoms with Crippen LogP contribution in [0.2, 0.25) is 0 Å². The molecule has 1 amide bonds. The maximum atomic E-state index is 12.6. The monoisotopic (exact) mass is 410 g/mol. The van der Waals surface area contributed by atoms with Gasteiger partial charge in [0, 0.05) is 6.04 Å². The Labute approximate surface area is 167 Å². The molecule has 1 aliphatic rings. The van der Waals surface area contributed by atoms with E-state index in [1.54, 1.807) is 19.1 Å². The number of alkyl halides is 2. The molecule has 0 bridgehead atoms. The van der Waals surface area contributed by atoms with Crippen LogP contribution < -0.4 is 10.1 Å². The average Bonchev–Trinajstić information content (AvgIpc) is 3.03. The number of thioether (sulfide) groups is 1. The van der Waals surface area contributed by atoms with Crippen LogP contribution in [0.5, 0.6) is 5.75 Å². The number of benzene rings is 1. The molecule has 0 radical (unpaired) electrons. The summed E-state index contributed by atoms with van der Waals surface area (Å²) in [6.45, 7) is 0.724. The Bertz CT molecular complexity index is 809. The van der Waals surface area contributed by atoms with Crippen molar-refractivity contribution in [3.8, 4) is 5.75 Å². The number of amides is 1. The first-order valence-corrected chi connectivity index (χ1v) is 10.3. The molecular formula is C19H24F2N4O2S. The predicted octanol–water partition coefficient (Wildman–Crippen LogP) is 4.81. The number of para-hydroxylation sites is 2. The molecule has 1 saturated carbocycles. The van der Waals surface area contributed by atoms with Gasteiger partial charge in [-0.2, -0.15) is 8.78 Å². The van der Waals surface area contributed by atoms with Crippen molar-refractivity contribution in [2.24, 2.45) is 0 Å². The van der Waals surface area contributed by atoms with Gasteiger partial charge in [0.05, 0.1) is 10.9 Å². The van der Waals surface area contributed by atoms with Gasteiger partial charge in [-0.05, 0) is 38.8 Å². The average molecular weight is 410 g/mol. The standard InChI is InChI=1S/C19H24F2N4O2S/c1-12(17(26)22-15-10-6-7-11-16(15)27-18(20)21)28-19-24-23-13(2)25(19)14-8-4-3-5-9-14/h6-7,10-12,14,18H,3-5,8-9H2,1-2H3,(H,22,26)/t12-/m1/s1. The third-order valence-electron chi connectivity index (χ3n) is 4.79. The van der Waals surface area contributed by atoms with Gasteiger partial charge in [0.25, 0.3) is 0 Å². The number of hydrogen-bond acceptors (Lipinski definition) is 5. The third kappa shape index (κ3) is 5.01. The maximum Gasteiger partial charge on any atom is 0.387 e. The molecule has 0 spiro atoms. The fourth-order valence-corrected chi connectivity index (χ4v) is 4.37. The summed E-state index contributed by atoms with van der Waals surface area (Å²) < 4.78 is 31.7. The predicted molar refractivity (Wildman–Crippen MR) is 104 cm³/mol. The van der Waals surface area contributed by atoms with E-state index < -0.39 is 11.9 Å². The van der Waals surface area contributed by atoms with Gasteiger partial charge in [-0.15, -0.1) is 10.2 Å². The van der Waals surface area contributed by atoms with Gasteiger partial charge in [0.1, 0.15) is 11.6 Å². The van der Waals surface area contributed by atoms with Gasteiger partial charge >= 0.3 is 6.61 Å². The lowest BCUT2D eigenvalue weighted by molar-refractivity contribution is -0.115. The number of anilines is 1. The second-order valence-electron chi connectivity index (χ2n) is 6.82. The number of nitrogens with one attached hydrogen (secondary N) is 1. The molecule has 28 heavy (non-hydrogen) atoms. The SMILES string of the molecule is Cc1nnc(S[C@H](C)C(=O)Nc2ccccc2OC(F)F)n1C1CCCCC1. The highest BCUT2D eigenvalue weighted by Crippen LogP contribution is 2.34. The second-order valence-corrected chi connectivity index (χ2v) is 8.12. The fraction of sp³-hybridized carbons (Fsp3) is 0.526. The molecule has 1 atom stereocenters. The highest BCUT2D eigenvalue weighted by molar-refractivity contribution is 8.00. The van der Waals surface area contributed by atoms with Gasteiger partial charge in [-0.25, -0.2) is 0 Å². The van der Waals surface area contributed by atoms with Crippen molar-refractivity contribution < 1.29 is 18.3 Å². The maximum absolute atomic E-state index is 12.6. The van der Waals surface area contributed by atoms with Crippen LogP contribution in [0.25, 0.3) is 0 Å². The molecule has 9 heteroatoms. The summed E-state index contributed by atoms with van der Waals surface area (Å²) in [6, 6.07) is 6.50. The normalized spacial score (nSPS) is 16.2. The van der Waals surface area contributed by atoms with Crippen LogP contribution in [-0.2, 0) is 4.79 Å². The van der Waals surface area contributed by atoms with Crippen LogP contribution >= 0.6 is 11.8 Å². The molecule has 3 rings (SSSR count). The van der Waals surface area contributed by atoms with E-state index in [9.17, 15) is 13.6 Å². The number of aryl methyl sites for hydroxylation is 1. The Morgan fingerprint density at radius 2 is 1.96 bits per heavy atom. The topological polar surface area (TPSA) is 69.0 Å². The number of ether oxygens (including phenoxy) is 1. The lowest BCUT2D eigenvalue weighted by Gasteiger charge is -2.25. The molecular weight excluding hydrogens is 386 g/mol. The molecule has 6 nitrogen and oxygen atoms in total. The van der Waals surface area contributed by atoms with Crippen LogP contribution in [0.15, 0.2) is 29.4 Å². The van der Waals surface area contributed by atoms with Gasteiger partial charge < -0.3 is 14.6 Å². The Morgan fingerprint density at radius 3 is 2.68 bits per heavy atom. The van der Waals surface area contributed by atoms with Crippen molar-refractivity contribution in [1.29, 1.82) is 0 Å². The first-order chi connectivity index (χ1) is 13.5. The molecule has 0 aliphatic heterocycles. The van der Waals surface area contributed by atoms with E-state index in [1.165, 1.54) is 43.2 Å². The van der Waals surface area contributed by atoms with Crippen molar-refractivity contribution in [3.05, 3.63) is 30.1 Å². The highest BCUT2D eigenvalue weighted by atomic mass is 32.2. The zero-order chi connectivity index (χ0) is 20.1. The van der Waals surface area contributed by atoms with Gasteiger partial charge in [-0.3, -0.25) is 4.79 Å². The summed E-state index contributed by atoms with van der Waals surface area (Å²) in [7, 11) is 0. The van der Waals surface area contributed by atoms with E-state index in [0.29, 0.717) is 11.2 Å². The summed E-state index contributed by atoms with van der Waals surface area (Å²) in [4.78, 5) is 12.6. The summed E-state index contributed by atoms with van der Waals surface area (Å²) >= 11 is 1.32. The quantitative estimate of drug-likeness (QED) is 0.663.